The van der Waals surface area contributed by atoms with E-state index in [9.17, 15) is 9.59 Å². The van der Waals surface area contributed by atoms with Crippen molar-refractivity contribution in [3.05, 3.63) is 106 Å². The number of allylic oxidation sites excluding steroid dienone is 3. The fraction of sp³-hybridized carbons (Fsp3) is 0.241. The molecule has 1 amide bonds. The summed E-state index contributed by atoms with van der Waals surface area (Å²) in [7, 11) is 1.64. The molecule has 1 aliphatic carbocycles. The van der Waals surface area contributed by atoms with E-state index in [1.165, 1.54) is 0 Å². The lowest BCUT2D eigenvalue weighted by molar-refractivity contribution is -0.116. The van der Waals surface area contributed by atoms with Crippen molar-refractivity contribution in [3.63, 3.8) is 0 Å². The molecule has 2 aromatic heterocycles. The molecule has 1 aliphatic heterocycles. The number of hydrogen-bond acceptors (Lipinski definition) is 6. The highest BCUT2D eigenvalue weighted by molar-refractivity contribution is 6.09. The molecule has 0 fully saturated rings. The summed E-state index contributed by atoms with van der Waals surface area (Å²) in [6, 6.07) is 17.1. The lowest BCUT2D eigenvalue weighted by Gasteiger charge is -2.36. The van der Waals surface area contributed by atoms with Crippen LogP contribution in [0.25, 0.3) is 0 Å². The second-order valence-electron chi connectivity index (χ2n) is 9.22. The Labute approximate surface area is 210 Å². The molecule has 0 radical (unpaired) electrons. The summed E-state index contributed by atoms with van der Waals surface area (Å²) in [5, 5.41) is 6.30. The van der Waals surface area contributed by atoms with Gasteiger partial charge in [0, 0.05) is 41.4 Å². The number of aryl methyl sites for hydroxylation is 1. The summed E-state index contributed by atoms with van der Waals surface area (Å²) in [5.74, 6) is 0.440. The van der Waals surface area contributed by atoms with Crippen LogP contribution in [-0.4, -0.2) is 28.8 Å². The number of hydrogen-bond donors (Lipinski definition) is 2. The van der Waals surface area contributed by atoms with Gasteiger partial charge in [-0.1, -0.05) is 24.3 Å². The highest BCUT2D eigenvalue weighted by Crippen LogP contribution is 2.45. The van der Waals surface area contributed by atoms with Crippen molar-refractivity contribution < 1.29 is 14.3 Å². The van der Waals surface area contributed by atoms with Crippen LogP contribution < -0.4 is 15.4 Å². The monoisotopic (exact) mass is 480 g/mol. The van der Waals surface area contributed by atoms with Gasteiger partial charge in [-0.2, -0.15) is 0 Å². The number of carbonyl (C=O) groups excluding carboxylic acids is 2. The highest BCUT2D eigenvalue weighted by Gasteiger charge is 2.41. The number of nitrogens with one attached hydrogen (secondary N) is 2. The van der Waals surface area contributed by atoms with Crippen LogP contribution in [0.5, 0.6) is 5.75 Å². The fourth-order valence-corrected chi connectivity index (χ4v) is 5.02. The van der Waals surface area contributed by atoms with E-state index >= 15 is 0 Å². The quantitative estimate of drug-likeness (QED) is 0.545. The summed E-state index contributed by atoms with van der Waals surface area (Å²) in [6.45, 7) is 3.81. The molecule has 0 saturated carbocycles. The van der Waals surface area contributed by atoms with Crippen molar-refractivity contribution in [2.75, 3.05) is 12.4 Å². The molecule has 3 aromatic rings. The number of nitrogens with zero attached hydrogens (tertiary/aromatic N) is 2. The average molecular weight is 481 g/mol. The van der Waals surface area contributed by atoms with Gasteiger partial charge in [-0.25, -0.2) is 4.98 Å². The maximum atomic E-state index is 13.7. The summed E-state index contributed by atoms with van der Waals surface area (Å²) in [4.78, 5) is 36.1. The van der Waals surface area contributed by atoms with Gasteiger partial charge in [0.2, 0.25) is 0 Å². The smallest absolute Gasteiger partial charge is 0.255 e. The fourth-order valence-electron chi connectivity index (χ4n) is 5.02. The largest absolute Gasteiger partial charge is 0.497 e. The summed E-state index contributed by atoms with van der Waals surface area (Å²) in [6.07, 6.45) is 4.43. The van der Waals surface area contributed by atoms with Gasteiger partial charge >= 0.3 is 0 Å². The van der Waals surface area contributed by atoms with Gasteiger partial charge < -0.3 is 15.4 Å². The molecule has 2 aliphatic rings. The van der Waals surface area contributed by atoms with Crippen molar-refractivity contribution >= 4 is 17.5 Å². The Morgan fingerprint density at radius 3 is 2.50 bits per heavy atom. The summed E-state index contributed by atoms with van der Waals surface area (Å²) >= 11 is 0. The van der Waals surface area contributed by atoms with Crippen molar-refractivity contribution in [1.29, 1.82) is 0 Å². The lowest BCUT2D eigenvalue weighted by atomic mass is 9.72. The van der Waals surface area contributed by atoms with Crippen LogP contribution in [0.2, 0.25) is 0 Å². The van der Waals surface area contributed by atoms with E-state index in [0.29, 0.717) is 41.2 Å². The van der Waals surface area contributed by atoms with Crippen LogP contribution in [-0.2, 0) is 9.59 Å². The number of methoxy groups -OCH3 is 1. The summed E-state index contributed by atoms with van der Waals surface area (Å²) < 4.78 is 5.28. The van der Waals surface area contributed by atoms with E-state index in [2.05, 4.69) is 20.6 Å². The number of anilines is 1. The molecule has 5 rings (SSSR count). The molecule has 1 aromatic carbocycles. The number of ketones is 1. The molecular weight excluding hydrogens is 452 g/mol. The molecule has 0 saturated heterocycles. The Morgan fingerprint density at radius 2 is 1.83 bits per heavy atom. The van der Waals surface area contributed by atoms with Crippen LogP contribution in [0.1, 0.15) is 48.4 Å². The number of ether oxygens (including phenoxy) is 1. The first-order valence-electron chi connectivity index (χ1n) is 12.0. The Hall–Kier alpha value is -4.26. The SMILES string of the molecule is COc1ccc(C2CC(=O)C3=C(C2)NC(C)=C(C(=O)Nc2ccc(C)cn2)C3c2ccccn2)cc1. The van der Waals surface area contributed by atoms with Gasteiger partial charge in [0.15, 0.2) is 5.78 Å². The van der Waals surface area contributed by atoms with Gasteiger partial charge in [-0.05, 0) is 67.6 Å². The molecule has 7 heteroatoms. The third kappa shape index (κ3) is 4.52. The maximum absolute atomic E-state index is 13.7. The predicted molar refractivity (Wildman–Crippen MR) is 137 cm³/mol. The normalized spacial score (nSPS) is 19.5. The Bertz CT molecular complexity index is 1360. The molecular formula is C29H28N4O3. The molecule has 2 atom stereocenters. The van der Waals surface area contributed by atoms with Crippen LogP contribution >= 0.6 is 0 Å². The average Bonchev–Trinajstić information content (AvgIpc) is 2.89. The Kier molecular flexibility index (Phi) is 6.38. The van der Waals surface area contributed by atoms with E-state index in [0.717, 1.165) is 22.6 Å². The van der Waals surface area contributed by atoms with Gasteiger partial charge in [-0.3, -0.25) is 14.6 Å². The predicted octanol–water partition coefficient (Wildman–Crippen LogP) is 4.79. The van der Waals surface area contributed by atoms with Crippen LogP contribution in [0, 0.1) is 6.92 Å². The Balaban J connectivity index is 1.51. The number of benzene rings is 1. The van der Waals surface area contributed by atoms with Crippen LogP contribution in [0.3, 0.4) is 0 Å². The number of amides is 1. The second kappa shape index (κ2) is 9.77. The standard InChI is InChI=1S/C29H28N4O3/c1-17-7-12-25(31-16-17)33-29(35)26-18(2)32-23-14-20(19-8-10-21(36-3)11-9-19)15-24(34)27(23)28(26)22-6-4-5-13-30-22/h4-13,16,20,28,32H,14-15H2,1-3H3,(H,31,33,35). The third-order valence-electron chi connectivity index (χ3n) is 6.80. The lowest BCUT2D eigenvalue weighted by Crippen LogP contribution is -2.37. The first-order valence-corrected chi connectivity index (χ1v) is 12.0. The van der Waals surface area contributed by atoms with Gasteiger partial charge in [0.25, 0.3) is 5.91 Å². The molecule has 36 heavy (non-hydrogen) atoms. The molecule has 7 nitrogen and oxygen atoms in total. The number of aromatic nitrogens is 2. The van der Waals surface area contributed by atoms with Crippen LogP contribution in [0.4, 0.5) is 5.82 Å². The van der Waals surface area contributed by atoms with Gasteiger partial charge in [-0.15, -0.1) is 0 Å². The number of rotatable bonds is 5. The molecule has 0 bridgehead atoms. The van der Waals surface area contributed by atoms with E-state index in [1.54, 1.807) is 25.6 Å². The summed E-state index contributed by atoms with van der Waals surface area (Å²) in [5.41, 5.74) is 5.41. The first-order chi connectivity index (χ1) is 17.4. The van der Waals surface area contributed by atoms with Crippen LogP contribution in [0.15, 0.2) is 89.5 Å². The zero-order valence-electron chi connectivity index (χ0n) is 20.5. The second-order valence-corrected chi connectivity index (χ2v) is 9.22. The minimum atomic E-state index is -0.558. The third-order valence-corrected chi connectivity index (χ3v) is 6.80. The molecule has 3 heterocycles. The molecule has 182 valence electrons. The van der Waals surface area contributed by atoms with Crippen molar-refractivity contribution in [2.24, 2.45) is 0 Å². The zero-order chi connectivity index (χ0) is 25.2. The number of carbonyl (C=O) groups is 2. The topological polar surface area (TPSA) is 93.2 Å². The maximum Gasteiger partial charge on any atom is 0.255 e. The van der Waals surface area contributed by atoms with Crippen molar-refractivity contribution in [2.45, 2.75) is 38.5 Å². The first kappa shape index (κ1) is 23.5. The molecule has 2 unspecified atom stereocenters. The van der Waals surface area contributed by atoms with Crippen molar-refractivity contribution in [1.82, 2.24) is 15.3 Å². The van der Waals surface area contributed by atoms with E-state index < -0.39 is 5.92 Å². The highest BCUT2D eigenvalue weighted by atomic mass is 16.5. The molecule has 2 N–H and O–H groups in total. The zero-order valence-corrected chi connectivity index (χ0v) is 20.5. The number of pyridine rings is 2. The Morgan fingerprint density at radius 1 is 1.03 bits per heavy atom. The number of dihydropyridines is 1. The molecule has 0 spiro atoms. The number of Topliss-reactive ketones (excluding diaryl/α,β-unsaturated/α-hetero) is 1. The van der Waals surface area contributed by atoms with Crippen molar-refractivity contribution in [3.8, 4) is 5.75 Å². The van der Waals surface area contributed by atoms with Gasteiger partial charge in [0.1, 0.15) is 11.6 Å². The van der Waals surface area contributed by atoms with E-state index in [1.807, 2.05) is 62.4 Å². The minimum Gasteiger partial charge on any atom is -0.497 e. The van der Waals surface area contributed by atoms with Gasteiger partial charge in [0.05, 0.1) is 18.7 Å². The minimum absolute atomic E-state index is 0.0199. The van der Waals surface area contributed by atoms with E-state index in [-0.39, 0.29) is 17.6 Å². The van der Waals surface area contributed by atoms with E-state index in [4.69, 9.17) is 4.74 Å².